The number of anilines is 1. The van der Waals surface area contributed by atoms with Crippen molar-refractivity contribution in [1.82, 2.24) is 10.3 Å². The minimum absolute atomic E-state index is 0.763. The molecule has 2 aliphatic carbocycles. The van der Waals surface area contributed by atoms with Crippen molar-refractivity contribution in [3.05, 3.63) is 24.0 Å². The van der Waals surface area contributed by atoms with Gasteiger partial charge in [-0.15, -0.1) is 0 Å². The zero-order valence-corrected chi connectivity index (χ0v) is 9.82. The number of pyridine rings is 1. The van der Waals surface area contributed by atoms with Crippen molar-refractivity contribution < 1.29 is 0 Å². The highest BCUT2D eigenvalue weighted by molar-refractivity contribution is 5.53. The standard InChI is InChI=1S/C13H19N3/c1-16(12-4-5-12)13-6-7-14-8-10(13)9-15-11-2-3-11/h6-8,11-12,15H,2-5,9H2,1H3. The van der Waals surface area contributed by atoms with Crippen LogP contribution in [0, 0.1) is 0 Å². The van der Waals surface area contributed by atoms with E-state index in [9.17, 15) is 0 Å². The van der Waals surface area contributed by atoms with E-state index in [-0.39, 0.29) is 0 Å². The van der Waals surface area contributed by atoms with Gasteiger partial charge in [0.2, 0.25) is 0 Å². The highest BCUT2D eigenvalue weighted by Gasteiger charge is 2.28. The number of hydrogen-bond acceptors (Lipinski definition) is 3. The van der Waals surface area contributed by atoms with Crippen LogP contribution in [0.5, 0.6) is 0 Å². The van der Waals surface area contributed by atoms with Gasteiger partial charge in [-0.1, -0.05) is 0 Å². The van der Waals surface area contributed by atoms with E-state index >= 15 is 0 Å². The molecule has 0 saturated heterocycles. The molecule has 1 N–H and O–H groups in total. The van der Waals surface area contributed by atoms with Gasteiger partial charge in [0.15, 0.2) is 0 Å². The molecule has 86 valence electrons. The van der Waals surface area contributed by atoms with Gasteiger partial charge in [-0.25, -0.2) is 0 Å². The Morgan fingerprint density at radius 1 is 1.38 bits per heavy atom. The molecule has 3 heteroatoms. The van der Waals surface area contributed by atoms with E-state index in [1.54, 1.807) is 0 Å². The average Bonchev–Trinajstić information content (AvgIpc) is 3.18. The molecule has 3 rings (SSSR count). The van der Waals surface area contributed by atoms with Crippen LogP contribution < -0.4 is 10.2 Å². The first-order valence-corrected chi connectivity index (χ1v) is 6.23. The molecule has 0 atom stereocenters. The van der Waals surface area contributed by atoms with Crippen LogP contribution in [0.4, 0.5) is 5.69 Å². The lowest BCUT2D eigenvalue weighted by molar-refractivity contribution is 0.683. The van der Waals surface area contributed by atoms with Gasteiger partial charge in [-0.2, -0.15) is 0 Å². The van der Waals surface area contributed by atoms with Crippen LogP contribution in [-0.2, 0) is 6.54 Å². The smallest absolute Gasteiger partial charge is 0.0442 e. The Kier molecular flexibility index (Phi) is 2.56. The second kappa shape index (κ2) is 4.06. The molecule has 0 spiro atoms. The van der Waals surface area contributed by atoms with Crippen molar-refractivity contribution in [2.24, 2.45) is 0 Å². The lowest BCUT2D eigenvalue weighted by Gasteiger charge is -2.21. The number of nitrogens with zero attached hydrogens (tertiary/aromatic N) is 2. The molecule has 2 saturated carbocycles. The van der Waals surface area contributed by atoms with Gasteiger partial charge in [0, 0.05) is 49.3 Å². The predicted octanol–water partition coefficient (Wildman–Crippen LogP) is 1.93. The average molecular weight is 217 g/mol. The number of nitrogens with one attached hydrogen (secondary N) is 1. The van der Waals surface area contributed by atoms with Crippen molar-refractivity contribution >= 4 is 5.69 Å². The minimum atomic E-state index is 0.763. The van der Waals surface area contributed by atoms with E-state index in [0.29, 0.717) is 0 Å². The molecule has 0 aromatic carbocycles. The number of aromatic nitrogens is 1. The van der Waals surface area contributed by atoms with Gasteiger partial charge >= 0.3 is 0 Å². The van der Waals surface area contributed by atoms with Crippen molar-refractivity contribution in [3.8, 4) is 0 Å². The summed E-state index contributed by atoms with van der Waals surface area (Å²) in [4.78, 5) is 6.65. The summed E-state index contributed by atoms with van der Waals surface area (Å²) >= 11 is 0. The van der Waals surface area contributed by atoms with Gasteiger partial charge in [-0.3, -0.25) is 4.98 Å². The largest absolute Gasteiger partial charge is 0.371 e. The van der Waals surface area contributed by atoms with E-state index in [1.807, 2.05) is 12.4 Å². The molecule has 2 fully saturated rings. The fourth-order valence-electron chi connectivity index (χ4n) is 2.10. The van der Waals surface area contributed by atoms with Gasteiger partial charge < -0.3 is 10.2 Å². The van der Waals surface area contributed by atoms with Crippen LogP contribution in [-0.4, -0.2) is 24.1 Å². The van der Waals surface area contributed by atoms with Gasteiger partial charge in [0.25, 0.3) is 0 Å². The normalized spacial score (nSPS) is 19.8. The van der Waals surface area contributed by atoms with Crippen molar-refractivity contribution in [2.45, 2.75) is 44.3 Å². The molecule has 0 amide bonds. The number of hydrogen-bond donors (Lipinski definition) is 1. The van der Waals surface area contributed by atoms with Crippen LogP contribution in [0.2, 0.25) is 0 Å². The Morgan fingerprint density at radius 3 is 2.88 bits per heavy atom. The topological polar surface area (TPSA) is 28.2 Å². The molecule has 3 nitrogen and oxygen atoms in total. The van der Waals surface area contributed by atoms with Gasteiger partial charge in [-0.05, 0) is 31.7 Å². The third-order valence-corrected chi connectivity index (χ3v) is 3.51. The third-order valence-electron chi connectivity index (χ3n) is 3.51. The molecule has 0 unspecified atom stereocenters. The van der Waals surface area contributed by atoms with Gasteiger partial charge in [0.05, 0.1) is 0 Å². The SMILES string of the molecule is CN(c1ccncc1CNC1CC1)C1CC1. The maximum atomic E-state index is 4.24. The molecular formula is C13H19N3. The summed E-state index contributed by atoms with van der Waals surface area (Å²) in [6.45, 7) is 0.963. The predicted molar refractivity (Wildman–Crippen MR) is 65.5 cm³/mol. The van der Waals surface area contributed by atoms with Crippen LogP contribution in [0.1, 0.15) is 31.2 Å². The molecule has 2 aliphatic rings. The Morgan fingerprint density at radius 2 is 2.19 bits per heavy atom. The monoisotopic (exact) mass is 217 g/mol. The Hall–Kier alpha value is -1.09. The maximum Gasteiger partial charge on any atom is 0.0442 e. The van der Waals surface area contributed by atoms with E-state index in [0.717, 1.165) is 18.6 Å². The molecule has 0 bridgehead atoms. The quantitative estimate of drug-likeness (QED) is 0.817. The summed E-state index contributed by atoms with van der Waals surface area (Å²) in [7, 11) is 2.20. The third kappa shape index (κ3) is 2.19. The summed E-state index contributed by atoms with van der Waals surface area (Å²) in [6.07, 6.45) is 9.27. The fourth-order valence-corrected chi connectivity index (χ4v) is 2.10. The highest BCUT2D eigenvalue weighted by atomic mass is 15.2. The first-order valence-electron chi connectivity index (χ1n) is 6.23. The van der Waals surface area contributed by atoms with Crippen LogP contribution in [0.25, 0.3) is 0 Å². The van der Waals surface area contributed by atoms with Crippen LogP contribution in [0.3, 0.4) is 0 Å². The minimum Gasteiger partial charge on any atom is -0.371 e. The Balaban J connectivity index is 1.73. The molecule has 1 aromatic rings. The lowest BCUT2D eigenvalue weighted by Crippen LogP contribution is -2.23. The van der Waals surface area contributed by atoms with E-state index in [1.165, 1.54) is 36.9 Å². The molecule has 0 radical (unpaired) electrons. The van der Waals surface area contributed by atoms with Crippen molar-refractivity contribution in [2.75, 3.05) is 11.9 Å². The molecule has 1 heterocycles. The summed E-state index contributed by atoms with van der Waals surface area (Å²) in [5, 5.41) is 3.56. The first-order chi connectivity index (χ1) is 7.84. The lowest BCUT2D eigenvalue weighted by atomic mass is 10.2. The molecule has 1 aromatic heterocycles. The first kappa shape index (κ1) is 10.1. The van der Waals surface area contributed by atoms with Crippen LogP contribution >= 0.6 is 0 Å². The Labute approximate surface area is 96.9 Å². The highest BCUT2D eigenvalue weighted by Crippen LogP contribution is 2.32. The zero-order chi connectivity index (χ0) is 11.0. The van der Waals surface area contributed by atoms with Gasteiger partial charge in [0.1, 0.15) is 0 Å². The molecule has 16 heavy (non-hydrogen) atoms. The molecular weight excluding hydrogens is 198 g/mol. The summed E-state index contributed by atoms with van der Waals surface area (Å²) < 4.78 is 0. The number of rotatable bonds is 5. The Bertz CT molecular complexity index is 369. The van der Waals surface area contributed by atoms with E-state index in [2.05, 4.69) is 28.3 Å². The second-order valence-corrected chi connectivity index (χ2v) is 5.00. The fraction of sp³-hybridized carbons (Fsp3) is 0.615. The van der Waals surface area contributed by atoms with Crippen molar-refractivity contribution in [3.63, 3.8) is 0 Å². The van der Waals surface area contributed by atoms with E-state index in [4.69, 9.17) is 0 Å². The second-order valence-electron chi connectivity index (χ2n) is 5.00. The maximum absolute atomic E-state index is 4.24. The van der Waals surface area contributed by atoms with E-state index < -0.39 is 0 Å². The summed E-state index contributed by atoms with van der Waals surface area (Å²) in [5.74, 6) is 0. The summed E-state index contributed by atoms with van der Waals surface area (Å²) in [6, 6.07) is 3.67. The van der Waals surface area contributed by atoms with Crippen LogP contribution in [0.15, 0.2) is 18.5 Å². The zero-order valence-electron chi connectivity index (χ0n) is 9.82. The summed E-state index contributed by atoms with van der Waals surface area (Å²) in [5.41, 5.74) is 2.69. The van der Waals surface area contributed by atoms with Crippen molar-refractivity contribution in [1.29, 1.82) is 0 Å². The molecule has 0 aliphatic heterocycles.